The molecule has 2 aromatic rings. The van der Waals surface area contributed by atoms with Crippen LogP contribution in [0.15, 0.2) is 28.5 Å². The molecular weight excluding hydrogens is 310 g/mol. The van der Waals surface area contributed by atoms with Crippen LogP contribution in [0.1, 0.15) is 26.4 Å². The van der Waals surface area contributed by atoms with Crippen LogP contribution in [0.4, 0.5) is 5.69 Å². The van der Waals surface area contributed by atoms with Crippen LogP contribution in [-0.4, -0.2) is 19.5 Å². The fourth-order valence-corrected chi connectivity index (χ4v) is 4.66. The van der Waals surface area contributed by atoms with Crippen LogP contribution >= 0.6 is 11.3 Å². The summed E-state index contributed by atoms with van der Waals surface area (Å²) in [6.45, 7) is 5.55. The topological polar surface area (TPSA) is 83.5 Å². The van der Waals surface area contributed by atoms with Crippen molar-refractivity contribution >= 4 is 33.0 Å². The van der Waals surface area contributed by atoms with Crippen molar-refractivity contribution in [2.75, 3.05) is 4.72 Å². The minimum absolute atomic E-state index is 0.190. The van der Waals surface area contributed by atoms with Crippen LogP contribution in [0.5, 0.6) is 0 Å². The smallest absolute Gasteiger partial charge is 0.347 e. The number of carbonyl (C=O) groups is 1. The summed E-state index contributed by atoms with van der Waals surface area (Å²) in [5.74, 6) is -1.25. The van der Waals surface area contributed by atoms with Crippen molar-refractivity contribution in [3.05, 3.63) is 45.1 Å². The molecule has 112 valence electrons. The molecule has 0 radical (unpaired) electrons. The van der Waals surface area contributed by atoms with Crippen molar-refractivity contribution in [3.8, 4) is 0 Å². The molecule has 0 unspecified atom stereocenters. The standard InChI is InChI=1S/C14H15NO4S2/c1-8-6-9(2)12(10(3)7-8)15-21(18,19)11-4-5-20-13(11)14(16)17/h4-7,15H,1-3H3,(H,16,17). The molecule has 0 bridgehead atoms. The Morgan fingerprint density at radius 3 is 2.29 bits per heavy atom. The van der Waals surface area contributed by atoms with E-state index in [9.17, 15) is 13.2 Å². The first-order valence-electron chi connectivity index (χ1n) is 6.14. The first-order chi connectivity index (χ1) is 9.72. The average Bonchev–Trinajstić information content (AvgIpc) is 2.83. The lowest BCUT2D eigenvalue weighted by Gasteiger charge is -2.14. The number of thiophene rings is 1. The fraction of sp³-hybridized carbons (Fsp3) is 0.214. The van der Waals surface area contributed by atoms with E-state index in [-0.39, 0.29) is 9.77 Å². The van der Waals surface area contributed by atoms with E-state index in [0.717, 1.165) is 28.0 Å². The number of nitrogens with one attached hydrogen (secondary N) is 1. The zero-order valence-corrected chi connectivity index (χ0v) is 13.4. The van der Waals surface area contributed by atoms with E-state index in [1.807, 2.05) is 32.9 Å². The van der Waals surface area contributed by atoms with Crippen LogP contribution < -0.4 is 4.72 Å². The number of aromatic carboxylic acids is 1. The normalized spacial score (nSPS) is 11.4. The molecule has 0 aliphatic rings. The summed E-state index contributed by atoms with van der Waals surface area (Å²) in [5, 5.41) is 10.5. The van der Waals surface area contributed by atoms with Crippen molar-refractivity contribution < 1.29 is 18.3 Å². The molecule has 2 N–H and O–H groups in total. The van der Waals surface area contributed by atoms with Gasteiger partial charge in [0.1, 0.15) is 9.77 Å². The van der Waals surface area contributed by atoms with Gasteiger partial charge in [0, 0.05) is 0 Å². The highest BCUT2D eigenvalue weighted by molar-refractivity contribution is 7.93. The lowest BCUT2D eigenvalue weighted by molar-refractivity contribution is 0.0698. The maximum absolute atomic E-state index is 12.4. The number of carboxylic acids is 1. The van der Waals surface area contributed by atoms with Crippen molar-refractivity contribution in [1.29, 1.82) is 0 Å². The van der Waals surface area contributed by atoms with Gasteiger partial charge in [-0.05, 0) is 43.3 Å². The van der Waals surface area contributed by atoms with Crippen LogP contribution in [0.25, 0.3) is 0 Å². The summed E-state index contributed by atoms with van der Waals surface area (Å²) >= 11 is 0.887. The van der Waals surface area contributed by atoms with Gasteiger partial charge >= 0.3 is 5.97 Å². The molecule has 1 heterocycles. The SMILES string of the molecule is Cc1cc(C)c(NS(=O)(=O)c2ccsc2C(=O)O)c(C)c1. The Balaban J connectivity index is 2.48. The molecule has 0 fully saturated rings. The molecular formula is C14H15NO4S2. The molecule has 0 spiro atoms. The van der Waals surface area contributed by atoms with Gasteiger partial charge in [-0.25, -0.2) is 13.2 Å². The van der Waals surface area contributed by atoms with Crippen LogP contribution in [0.2, 0.25) is 0 Å². The second-order valence-corrected chi connectivity index (χ2v) is 7.37. The van der Waals surface area contributed by atoms with Gasteiger partial charge in [-0.1, -0.05) is 17.7 Å². The third-order valence-electron chi connectivity index (χ3n) is 3.03. The average molecular weight is 325 g/mol. The van der Waals surface area contributed by atoms with Crippen LogP contribution in [0.3, 0.4) is 0 Å². The Morgan fingerprint density at radius 2 is 1.76 bits per heavy atom. The number of aryl methyl sites for hydroxylation is 3. The van der Waals surface area contributed by atoms with E-state index < -0.39 is 16.0 Å². The number of hydrogen-bond acceptors (Lipinski definition) is 4. The second-order valence-electron chi connectivity index (χ2n) is 4.80. The Morgan fingerprint density at radius 1 is 1.19 bits per heavy atom. The van der Waals surface area contributed by atoms with Gasteiger partial charge < -0.3 is 5.11 Å². The van der Waals surface area contributed by atoms with Gasteiger partial charge in [0.15, 0.2) is 0 Å². The number of anilines is 1. The molecule has 0 aliphatic heterocycles. The van der Waals surface area contributed by atoms with Crippen LogP contribution in [0, 0.1) is 20.8 Å². The van der Waals surface area contributed by atoms with Gasteiger partial charge in [0.2, 0.25) is 0 Å². The molecule has 0 saturated heterocycles. The highest BCUT2D eigenvalue weighted by Gasteiger charge is 2.24. The van der Waals surface area contributed by atoms with Crippen molar-refractivity contribution in [2.24, 2.45) is 0 Å². The number of rotatable bonds is 4. The highest BCUT2D eigenvalue weighted by Crippen LogP contribution is 2.28. The Kier molecular flexibility index (Phi) is 4.06. The minimum Gasteiger partial charge on any atom is -0.477 e. The molecule has 1 aromatic carbocycles. The number of sulfonamides is 1. The van der Waals surface area contributed by atoms with E-state index in [4.69, 9.17) is 5.11 Å². The van der Waals surface area contributed by atoms with Gasteiger partial charge in [0.05, 0.1) is 5.69 Å². The molecule has 2 rings (SSSR count). The van der Waals surface area contributed by atoms with E-state index in [2.05, 4.69) is 4.72 Å². The first-order valence-corrected chi connectivity index (χ1v) is 8.50. The fourth-order valence-electron chi connectivity index (χ4n) is 2.20. The van der Waals surface area contributed by atoms with E-state index in [1.165, 1.54) is 11.4 Å². The molecule has 0 saturated carbocycles. The zero-order valence-electron chi connectivity index (χ0n) is 11.8. The third kappa shape index (κ3) is 3.08. The summed E-state index contributed by atoms with van der Waals surface area (Å²) in [6.07, 6.45) is 0. The number of carboxylic acid groups (broad SMARTS) is 1. The van der Waals surface area contributed by atoms with Gasteiger partial charge in [-0.2, -0.15) is 0 Å². The van der Waals surface area contributed by atoms with Crippen molar-refractivity contribution in [3.63, 3.8) is 0 Å². The highest BCUT2D eigenvalue weighted by atomic mass is 32.2. The van der Waals surface area contributed by atoms with E-state index in [0.29, 0.717) is 5.69 Å². The monoisotopic (exact) mass is 325 g/mol. The van der Waals surface area contributed by atoms with Gasteiger partial charge in [-0.3, -0.25) is 4.72 Å². The van der Waals surface area contributed by atoms with Crippen LogP contribution in [-0.2, 0) is 10.0 Å². The third-order valence-corrected chi connectivity index (χ3v) is 5.45. The summed E-state index contributed by atoms with van der Waals surface area (Å²) in [4.78, 5) is 10.7. The molecule has 1 aromatic heterocycles. The minimum atomic E-state index is -3.92. The number of hydrogen-bond donors (Lipinski definition) is 2. The maximum Gasteiger partial charge on any atom is 0.347 e. The lowest BCUT2D eigenvalue weighted by Crippen LogP contribution is -2.16. The molecule has 0 atom stereocenters. The Labute approximate surface area is 127 Å². The van der Waals surface area contributed by atoms with Gasteiger partial charge in [0.25, 0.3) is 10.0 Å². The van der Waals surface area contributed by atoms with Crippen molar-refractivity contribution in [2.45, 2.75) is 25.7 Å². The Hall–Kier alpha value is -1.86. The summed E-state index contributed by atoms with van der Waals surface area (Å²) in [6, 6.07) is 5.04. The van der Waals surface area contributed by atoms with E-state index >= 15 is 0 Å². The maximum atomic E-state index is 12.4. The molecule has 21 heavy (non-hydrogen) atoms. The summed E-state index contributed by atoms with van der Waals surface area (Å²) in [7, 11) is -3.92. The number of benzene rings is 1. The molecule has 0 aliphatic carbocycles. The van der Waals surface area contributed by atoms with E-state index in [1.54, 1.807) is 0 Å². The van der Waals surface area contributed by atoms with Crippen molar-refractivity contribution in [1.82, 2.24) is 0 Å². The lowest BCUT2D eigenvalue weighted by atomic mass is 10.1. The Bertz CT molecular complexity index is 783. The van der Waals surface area contributed by atoms with Gasteiger partial charge in [-0.15, -0.1) is 11.3 Å². The zero-order chi connectivity index (χ0) is 15.8. The summed E-state index contributed by atoms with van der Waals surface area (Å²) in [5.41, 5.74) is 3.12. The predicted molar refractivity (Wildman–Crippen MR) is 82.7 cm³/mol. The predicted octanol–water partition coefficient (Wildman–Crippen LogP) is 3.17. The molecule has 7 heteroatoms. The second kappa shape index (κ2) is 5.50. The molecule has 0 amide bonds. The first kappa shape index (κ1) is 15.5. The quantitative estimate of drug-likeness (QED) is 0.904. The molecule has 5 nitrogen and oxygen atoms in total. The largest absolute Gasteiger partial charge is 0.477 e. The summed E-state index contributed by atoms with van der Waals surface area (Å²) < 4.78 is 27.3.